The van der Waals surface area contributed by atoms with Crippen LogP contribution in [-0.4, -0.2) is 22.8 Å². The minimum Gasteiger partial charge on any atom is -0.489 e. The number of hydrogen-bond acceptors (Lipinski definition) is 5. The molecule has 0 aliphatic carbocycles. The van der Waals surface area contributed by atoms with Crippen molar-refractivity contribution in [3.63, 3.8) is 0 Å². The Morgan fingerprint density at radius 1 is 1.00 bits per heavy atom. The number of halogens is 1. The van der Waals surface area contributed by atoms with Crippen molar-refractivity contribution in [3.05, 3.63) is 96.1 Å². The summed E-state index contributed by atoms with van der Waals surface area (Å²) in [5.41, 5.74) is 1.58. The fourth-order valence-corrected chi connectivity index (χ4v) is 3.65. The summed E-state index contributed by atoms with van der Waals surface area (Å²) in [4.78, 5) is 4.02. The van der Waals surface area contributed by atoms with Crippen LogP contribution in [0, 0.1) is 5.82 Å². The Bertz CT molecular complexity index is 1210. The summed E-state index contributed by atoms with van der Waals surface area (Å²) in [5, 5.41) is 12.6. The maximum Gasteiger partial charge on any atom is 0.163 e. The molecule has 6 heteroatoms. The highest BCUT2D eigenvalue weighted by molar-refractivity contribution is 5.83. The van der Waals surface area contributed by atoms with E-state index < -0.39 is 12.2 Å². The zero-order chi connectivity index (χ0) is 21.2. The van der Waals surface area contributed by atoms with E-state index in [2.05, 4.69) is 4.98 Å². The van der Waals surface area contributed by atoms with Crippen LogP contribution < -0.4 is 14.2 Å². The quantitative estimate of drug-likeness (QED) is 0.504. The molecule has 156 valence electrons. The number of aliphatic hydroxyl groups excluding tert-OH is 1. The molecule has 1 aromatic heterocycles. The van der Waals surface area contributed by atoms with Crippen molar-refractivity contribution in [2.75, 3.05) is 6.61 Å². The highest BCUT2D eigenvalue weighted by atomic mass is 19.1. The van der Waals surface area contributed by atoms with Crippen molar-refractivity contribution in [2.24, 2.45) is 0 Å². The van der Waals surface area contributed by atoms with Crippen LogP contribution in [0.4, 0.5) is 4.39 Å². The third-order valence-electron chi connectivity index (χ3n) is 5.25. The first-order valence-electron chi connectivity index (χ1n) is 9.98. The van der Waals surface area contributed by atoms with Gasteiger partial charge in [-0.15, -0.1) is 0 Å². The van der Waals surface area contributed by atoms with Crippen LogP contribution in [0.25, 0.3) is 10.8 Å². The van der Waals surface area contributed by atoms with E-state index in [9.17, 15) is 9.50 Å². The molecule has 1 N–H and O–H groups in total. The third kappa shape index (κ3) is 4.15. The molecule has 5 rings (SSSR count). The second-order valence-electron chi connectivity index (χ2n) is 7.42. The van der Waals surface area contributed by atoms with Gasteiger partial charge in [0.25, 0.3) is 0 Å². The van der Waals surface area contributed by atoms with Gasteiger partial charge in [-0.3, -0.25) is 4.98 Å². The van der Waals surface area contributed by atoms with Crippen LogP contribution in [0.5, 0.6) is 17.2 Å². The van der Waals surface area contributed by atoms with Gasteiger partial charge in [0, 0.05) is 11.8 Å². The van der Waals surface area contributed by atoms with E-state index in [1.54, 1.807) is 42.7 Å². The summed E-state index contributed by atoms with van der Waals surface area (Å²) < 4.78 is 30.9. The SMILES string of the molecule is O[C@H]1c2cc(OCc3ccc4cc(F)ccc4c3)ccc2OC[C@H]1Oc1cccnc1. The Hall–Kier alpha value is -3.64. The maximum atomic E-state index is 13.4. The number of aliphatic hydroxyl groups is 1. The lowest BCUT2D eigenvalue weighted by Crippen LogP contribution is -2.35. The number of benzene rings is 3. The number of aromatic nitrogens is 1. The van der Waals surface area contributed by atoms with Crippen LogP contribution in [0.1, 0.15) is 17.2 Å². The van der Waals surface area contributed by atoms with Gasteiger partial charge in [0.15, 0.2) is 6.10 Å². The normalized spacial score (nSPS) is 17.6. The third-order valence-corrected chi connectivity index (χ3v) is 5.25. The molecule has 0 saturated heterocycles. The number of pyridine rings is 1. The predicted molar refractivity (Wildman–Crippen MR) is 114 cm³/mol. The van der Waals surface area contributed by atoms with Crippen molar-refractivity contribution in [1.82, 2.24) is 4.98 Å². The van der Waals surface area contributed by atoms with Gasteiger partial charge in [0.05, 0.1) is 6.20 Å². The monoisotopic (exact) mass is 417 g/mol. The number of ether oxygens (including phenoxy) is 3. The summed E-state index contributed by atoms with van der Waals surface area (Å²) in [7, 11) is 0. The van der Waals surface area contributed by atoms with E-state index in [1.165, 1.54) is 12.1 Å². The highest BCUT2D eigenvalue weighted by Crippen LogP contribution is 2.36. The van der Waals surface area contributed by atoms with Crippen molar-refractivity contribution < 1.29 is 23.7 Å². The molecule has 31 heavy (non-hydrogen) atoms. The molecule has 0 amide bonds. The zero-order valence-corrected chi connectivity index (χ0v) is 16.6. The van der Waals surface area contributed by atoms with Crippen LogP contribution in [0.3, 0.4) is 0 Å². The topological polar surface area (TPSA) is 60.8 Å². The molecule has 0 unspecified atom stereocenters. The van der Waals surface area contributed by atoms with Crippen molar-refractivity contribution in [2.45, 2.75) is 18.8 Å². The summed E-state index contributed by atoms with van der Waals surface area (Å²) in [6.07, 6.45) is 1.85. The Balaban J connectivity index is 1.30. The lowest BCUT2D eigenvalue weighted by Gasteiger charge is -2.30. The molecular formula is C25H20FNO4. The summed E-state index contributed by atoms with van der Waals surface area (Å²) in [5.74, 6) is 1.54. The number of hydrogen-bond donors (Lipinski definition) is 1. The molecule has 3 aromatic carbocycles. The first kappa shape index (κ1) is 19.3. The van der Waals surface area contributed by atoms with Crippen molar-refractivity contribution in [3.8, 4) is 17.2 Å². The van der Waals surface area contributed by atoms with E-state index in [-0.39, 0.29) is 12.4 Å². The molecule has 2 heterocycles. The molecular weight excluding hydrogens is 397 g/mol. The molecule has 0 spiro atoms. The molecule has 0 radical (unpaired) electrons. The second kappa shape index (κ2) is 8.24. The van der Waals surface area contributed by atoms with E-state index in [4.69, 9.17) is 14.2 Å². The van der Waals surface area contributed by atoms with Gasteiger partial charge in [-0.25, -0.2) is 4.39 Å². The maximum absolute atomic E-state index is 13.4. The van der Waals surface area contributed by atoms with Gasteiger partial charge in [0.1, 0.15) is 42.4 Å². The largest absolute Gasteiger partial charge is 0.489 e. The van der Waals surface area contributed by atoms with E-state index in [0.29, 0.717) is 29.4 Å². The van der Waals surface area contributed by atoms with Crippen molar-refractivity contribution in [1.29, 1.82) is 0 Å². The van der Waals surface area contributed by atoms with Gasteiger partial charge in [0.2, 0.25) is 0 Å². The van der Waals surface area contributed by atoms with Crippen LogP contribution in [0.15, 0.2) is 79.1 Å². The Kier molecular flexibility index (Phi) is 5.14. The van der Waals surface area contributed by atoms with Gasteiger partial charge in [-0.1, -0.05) is 18.2 Å². The molecule has 4 aromatic rings. The van der Waals surface area contributed by atoms with Gasteiger partial charge in [-0.2, -0.15) is 0 Å². The number of nitrogens with zero attached hydrogens (tertiary/aromatic N) is 1. The fraction of sp³-hybridized carbons (Fsp3) is 0.160. The smallest absolute Gasteiger partial charge is 0.163 e. The molecule has 1 aliphatic rings. The summed E-state index contributed by atoms with van der Waals surface area (Å²) >= 11 is 0. The molecule has 0 bridgehead atoms. The highest BCUT2D eigenvalue weighted by Gasteiger charge is 2.31. The van der Waals surface area contributed by atoms with E-state index >= 15 is 0 Å². The Labute approximate surface area is 178 Å². The average Bonchev–Trinajstić information content (AvgIpc) is 2.80. The lowest BCUT2D eigenvalue weighted by molar-refractivity contribution is -0.0106. The first-order valence-corrected chi connectivity index (χ1v) is 9.98. The number of fused-ring (bicyclic) bond motifs is 2. The zero-order valence-electron chi connectivity index (χ0n) is 16.6. The lowest BCUT2D eigenvalue weighted by atomic mass is 10.0. The summed E-state index contributed by atoms with van der Waals surface area (Å²) in [6.45, 7) is 0.583. The predicted octanol–water partition coefficient (Wildman–Crippen LogP) is 4.83. The number of rotatable bonds is 5. The van der Waals surface area contributed by atoms with Crippen LogP contribution in [0.2, 0.25) is 0 Å². The molecule has 0 fully saturated rings. The van der Waals surface area contributed by atoms with Gasteiger partial charge >= 0.3 is 0 Å². The van der Waals surface area contributed by atoms with Gasteiger partial charge in [-0.05, 0) is 64.9 Å². The van der Waals surface area contributed by atoms with Crippen LogP contribution >= 0.6 is 0 Å². The van der Waals surface area contributed by atoms with E-state index in [0.717, 1.165) is 16.3 Å². The van der Waals surface area contributed by atoms with Gasteiger partial charge < -0.3 is 19.3 Å². The van der Waals surface area contributed by atoms with Crippen molar-refractivity contribution >= 4 is 10.8 Å². The first-order chi connectivity index (χ1) is 15.2. The standard InChI is InChI=1S/C25H20FNO4/c26-19-6-5-17-10-16(3-4-18(17)11-19)14-29-20-7-8-23-22(12-20)25(28)24(15-30-23)31-21-2-1-9-27-13-21/h1-13,24-25,28H,14-15H2/t24-,25+/m1/s1. The minimum absolute atomic E-state index is 0.237. The molecule has 5 nitrogen and oxygen atoms in total. The average molecular weight is 417 g/mol. The summed E-state index contributed by atoms with van der Waals surface area (Å²) in [6, 6.07) is 19.4. The second-order valence-corrected chi connectivity index (χ2v) is 7.42. The minimum atomic E-state index is -0.858. The van der Waals surface area contributed by atoms with E-state index in [1.807, 2.05) is 24.3 Å². The fourth-order valence-electron chi connectivity index (χ4n) is 3.65. The molecule has 0 saturated carbocycles. The Morgan fingerprint density at radius 3 is 2.74 bits per heavy atom. The Morgan fingerprint density at radius 2 is 1.87 bits per heavy atom. The van der Waals surface area contributed by atoms with Crippen LogP contribution in [-0.2, 0) is 6.61 Å². The molecule has 2 atom stereocenters. The molecule has 1 aliphatic heterocycles.